The molecule has 0 bridgehead atoms. The van der Waals surface area contributed by atoms with Crippen molar-refractivity contribution in [2.45, 2.75) is 5.92 Å². The molecule has 62 valence electrons. The highest BCUT2D eigenvalue weighted by Gasteiger charge is 2.36. The number of hydrogen-bond donors (Lipinski definition) is 0. The summed E-state index contributed by atoms with van der Waals surface area (Å²) in [6.07, 6.45) is 1.44. The van der Waals surface area contributed by atoms with Crippen molar-refractivity contribution in [3.8, 4) is 0 Å². The van der Waals surface area contributed by atoms with E-state index in [-0.39, 0.29) is 12.7 Å². The van der Waals surface area contributed by atoms with Crippen molar-refractivity contribution in [2.24, 2.45) is 0 Å². The second kappa shape index (κ2) is 3.85. The lowest BCUT2D eigenvalue weighted by Crippen LogP contribution is -2.28. The van der Waals surface area contributed by atoms with Crippen LogP contribution in [0.5, 0.6) is 0 Å². The van der Waals surface area contributed by atoms with Crippen LogP contribution >= 0.6 is 0 Å². The molecule has 4 heteroatoms. The summed E-state index contributed by atoms with van der Waals surface area (Å²) in [7, 11) is 0. The zero-order valence-corrected chi connectivity index (χ0v) is 5.85. The van der Waals surface area contributed by atoms with Gasteiger partial charge in [-0.25, -0.2) is 4.79 Å². The Hall–Kier alpha value is -1.19. The molecule has 0 unspecified atom stereocenters. The van der Waals surface area contributed by atoms with E-state index in [9.17, 15) is 13.6 Å². The molecule has 0 spiro atoms. The Kier molecular flexibility index (Phi) is 3.44. The van der Waals surface area contributed by atoms with Crippen molar-refractivity contribution in [1.29, 1.82) is 0 Å². The van der Waals surface area contributed by atoms with Crippen molar-refractivity contribution in [2.75, 3.05) is 6.61 Å². The number of halogens is 2. The predicted octanol–water partition coefficient (Wildman–Crippen LogP) is 1.54. The second-order valence-corrected chi connectivity index (χ2v) is 1.71. The molecule has 0 aliphatic rings. The first kappa shape index (κ1) is 9.81. The molecule has 0 rings (SSSR count). The predicted molar refractivity (Wildman–Crippen MR) is 36.3 cm³/mol. The number of carbonyl (C=O) groups is 1. The maximum atomic E-state index is 12.2. The smallest absolute Gasteiger partial charge is 0.381 e. The van der Waals surface area contributed by atoms with Crippen LogP contribution in [-0.4, -0.2) is 18.5 Å². The highest BCUT2D eigenvalue weighted by atomic mass is 19.3. The Morgan fingerprint density at radius 2 is 2.09 bits per heavy atom. The van der Waals surface area contributed by atoms with E-state index in [1.165, 1.54) is 6.08 Å². The van der Waals surface area contributed by atoms with Crippen LogP contribution in [-0.2, 0) is 9.53 Å². The Morgan fingerprint density at radius 1 is 1.55 bits per heavy atom. The van der Waals surface area contributed by atoms with Gasteiger partial charge in [0, 0.05) is 0 Å². The highest BCUT2D eigenvalue weighted by Crippen LogP contribution is 2.15. The molecule has 11 heavy (non-hydrogen) atoms. The molecule has 0 N–H and O–H groups in total. The zero-order valence-electron chi connectivity index (χ0n) is 5.85. The third kappa shape index (κ3) is 2.93. The zero-order chi connectivity index (χ0) is 8.91. The summed E-state index contributed by atoms with van der Waals surface area (Å²) in [4.78, 5) is 10.4. The van der Waals surface area contributed by atoms with Gasteiger partial charge >= 0.3 is 11.9 Å². The van der Waals surface area contributed by atoms with E-state index in [4.69, 9.17) is 0 Å². The van der Waals surface area contributed by atoms with E-state index in [1.54, 1.807) is 0 Å². The minimum atomic E-state index is -3.59. The summed E-state index contributed by atoms with van der Waals surface area (Å²) >= 11 is 0. The van der Waals surface area contributed by atoms with Crippen LogP contribution in [0.15, 0.2) is 25.3 Å². The SMILES string of the molecule is C=CCOC(=O)C(F)(F)C=C. The maximum Gasteiger partial charge on any atom is 0.381 e. The monoisotopic (exact) mass is 162 g/mol. The molecule has 0 amide bonds. The van der Waals surface area contributed by atoms with Gasteiger partial charge in [0.25, 0.3) is 0 Å². The van der Waals surface area contributed by atoms with Gasteiger partial charge in [-0.3, -0.25) is 0 Å². The number of esters is 1. The van der Waals surface area contributed by atoms with Crippen LogP contribution in [0.3, 0.4) is 0 Å². The minimum absolute atomic E-state index is 0.220. The van der Waals surface area contributed by atoms with Gasteiger partial charge in [-0.05, 0) is 6.08 Å². The quantitative estimate of drug-likeness (QED) is 0.463. The van der Waals surface area contributed by atoms with Gasteiger partial charge in [0.1, 0.15) is 6.61 Å². The number of carbonyl (C=O) groups excluding carboxylic acids is 1. The van der Waals surface area contributed by atoms with Crippen LogP contribution in [0.4, 0.5) is 8.78 Å². The fourth-order valence-corrected chi connectivity index (χ4v) is 0.314. The van der Waals surface area contributed by atoms with Crippen LogP contribution < -0.4 is 0 Å². The van der Waals surface area contributed by atoms with Gasteiger partial charge in [-0.1, -0.05) is 19.2 Å². The number of ether oxygens (including phenoxy) is 1. The Morgan fingerprint density at radius 3 is 2.45 bits per heavy atom. The molecule has 0 heterocycles. The van der Waals surface area contributed by atoms with Gasteiger partial charge < -0.3 is 4.74 Å². The van der Waals surface area contributed by atoms with E-state index in [0.717, 1.165) is 0 Å². The van der Waals surface area contributed by atoms with Crippen molar-refractivity contribution in [3.05, 3.63) is 25.3 Å². The van der Waals surface area contributed by atoms with E-state index in [0.29, 0.717) is 0 Å². The van der Waals surface area contributed by atoms with Gasteiger partial charge in [0.15, 0.2) is 0 Å². The lowest BCUT2D eigenvalue weighted by atomic mass is 10.3. The lowest BCUT2D eigenvalue weighted by Gasteiger charge is -2.08. The summed E-state index contributed by atoms with van der Waals surface area (Å²) < 4.78 is 28.6. The van der Waals surface area contributed by atoms with Crippen molar-refractivity contribution >= 4 is 5.97 Å². The first-order valence-corrected chi connectivity index (χ1v) is 2.84. The summed E-state index contributed by atoms with van der Waals surface area (Å²) in [6.45, 7) is 5.76. The Balaban J connectivity index is 4.01. The summed E-state index contributed by atoms with van der Waals surface area (Å²) in [5.74, 6) is -5.20. The molecule has 0 fully saturated rings. The van der Waals surface area contributed by atoms with Crippen LogP contribution in [0.1, 0.15) is 0 Å². The molecule has 0 aromatic rings. The Bertz CT molecular complexity index is 175. The number of alkyl halides is 2. The normalized spacial score (nSPS) is 10.4. The highest BCUT2D eigenvalue weighted by molar-refractivity contribution is 5.79. The summed E-state index contributed by atoms with van der Waals surface area (Å²) in [6, 6.07) is 0. The van der Waals surface area contributed by atoms with Gasteiger partial charge in [0.05, 0.1) is 0 Å². The number of hydrogen-bond acceptors (Lipinski definition) is 2. The largest absolute Gasteiger partial charge is 0.457 e. The van der Waals surface area contributed by atoms with Crippen molar-refractivity contribution < 1.29 is 18.3 Å². The van der Waals surface area contributed by atoms with Crippen LogP contribution in [0.2, 0.25) is 0 Å². The topological polar surface area (TPSA) is 26.3 Å². The third-order valence-electron chi connectivity index (χ3n) is 0.861. The van der Waals surface area contributed by atoms with Crippen LogP contribution in [0, 0.1) is 0 Å². The molecule has 0 atom stereocenters. The molecule has 0 aliphatic heterocycles. The van der Waals surface area contributed by atoms with E-state index >= 15 is 0 Å². The van der Waals surface area contributed by atoms with Crippen molar-refractivity contribution in [1.82, 2.24) is 0 Å². The lowest BCUT2D eigenvalue weighted by molar-refractivity contribution is -0.163. The maximum absolute atomic E-state index is 12.2. The molecule has 0 aliphatic carbocycles. The fraction of sp³-hybridized carbons (Fsp3) is 0.286. The average Bonchev–Trinajstić information content (AvgIpc) is 2.00. The standard InChI is InChI=1S/C7H8F2O2/c1-3-5-11-6(10)7(8,9)4-2/h3-4H,1-2,5H2. The van der Waals surface area contributed by atoms with Gasteiger partial charge in [-0.15, -0.1) is 0 Å². The Labute approximate surface area is 63.2 Å². The molecule has 0 aromatic heterocycles. The molecular formula is C7H8F2O2. The van der Waals surface area contributed by atoms with Crippen molar-refractivity contribution in [3.63, 3.8) is 0 Å². The third-order valence-corrected chi connectivity index (χ3v) is 0.861. The molecular weight excluding hydrogens is 154 g/mol. The van der Waals surface area contributed by atoms with Crippen LogP contribution in [0.25, 0.3) is 0 Å². The first-order chi connectivity index (χ1) is 5.04. The molecule has 0 saturated heterocycles. The van der Waals surface area contributed by atoms with Gasteiger partial charge in [-0.2, -0.15) is 8.78 Å². The fourth-order valence-electron chi connectivity index (χ4n) is 0.314. The second-order valence-electron chi connectivity index (χ2n) is 1.71. The first-order valence-electron chi connectivity index (χ1n) is 2.84. The molecule has 2 nitrogen and oxygen atoms in total. The molecule has 0 aromatic carbocycles. The minimum Gasteiger partial charge on any atom is -0.457 e. The van der Waals surface area contributed by atoms with E-state index < -0.39 is 11.9 Å². The molecule has 0 saturated carbocycles. The van der Waals surface area contributed by atoms with E-state index in [2.05, 4.69) is 17.9 Å². The summed E-state index contributed by atoms with van der Waals surface area (Å²) in [5, 5.41) is 0. The summed E-state index contributed by atoms with van der Waals surface area (Å²) in [5.41, 5.74) is 0. The molecule has 0 radical (unpaired) electrons. The average molecular weight is 162 g/mol. The van der Waals surface area contributed by atoms with E-state index in [1.807, 2.05) is 0 Å². The van der Waals surface area contributed by atoms with Gasteiger partial charge in [0.2, 0.25) is 0 Å². The number of rotatable bonds is 4.